The summed E-state index contributed by atoms with van der Waals surface area (Å²) in [5, 5.41) is 18.7. The van der Waals surface area contributed by atoms with Gasteiger partial charge in [-0.1, -0.05) is 12.7 Å². The van der Waals surface area contributed by atoms with Crippen molar-refractivity contribution in [3.05, 3.63) is 24.8 Å². The first kappa shape index (κ1) is 12.4. The van der Waals surface area contributed by atoms with Gasteiger partial charge in [0.05, 0.1) is 6.61 Å². The predicted octanol–water partition coefficient (Wildman–Crippen LogP) is 0.602. The van der Waals surface area contributed by atoms with Crippen LogP contribution < -0.4 is 0 Å². The second-order valence-corrected chi connectivity index (χ2v) is 4.06. The monoisotopic (exact) mass is 214 g/mol. The fourth-order valence-corrected chi connectivity index (χ4v) is 1.58. The average molecular weight is 214 g/mol. The van der Waals surface area contributed by atoms with Crippen LogP contribution in [0.2, 0.25) is 0 Å². The Morgan fingerprint density at radius 2 is 2.13 bits per heavy atom. The molecule has 0 aromatic heterocycles. The molecule has 15 heavy (non-hydrogen) atoms. The first-order valence-corrected chi connectivity index (χ1v) is 4.86. The molecular weight excluding hydrogens is 196 g/mol. The van der Waals surface area contributed by atoms with Crippen LogP contribution >= 0.6 is 0 Å². The number of hydrogen-bond donors (Lipinski definition) is 2. The summed E-state index contributed by atoms with van der Waals surface area (Å²) in [6.07, 6.45) is -0.511. The largest absolute Gasteiger partial charge is 0.392 e. The fourth-order valence-electron chi connectivity index (χ4n) is 1.58. The second-order valence-electron chi connectivity index (χ2n) is 4.06. The van der Waals surface area contributed by atoms with Gasteiger partial charge in [-0.15, -0.1) is 6.58 Å². The topological polar surface area (TPSA) is 58.9 Å². The zero-order valence-electron chi connectivity index (χ0n) is 9.14. The van der Waals surface area contributed by atoms with Gasteiger partial charge in [-0.3, -0.25) is 0 Å². The number of aliphatic hydroxyl groups excluding tert-OH is 2. The van der Waals surface area contributed by atoms with Crippen LogP contribution in [-0.4, -0.2) is 40.9 Å². The van der Waals surface area contributed by atoms with Crippen molar-refractivity contribution in [1.82, 2.24) is 0 Å². The van der Waals surface area contributed by atoms with Crippen molar-refractivity contribution in [2.75, 3.05) is 6.61 Å². The Balaban J connectivity index is 2.83. The molecule has 1 heterocycles. The Morgan fingerprint density at radius 3 is 2.60 bits per heavy atom. The lowest BCUT2D eigenvalue weighted by molar-refractivity contribution is -0.151. The molecule has 0 bridgehead atoms. The predicted molar refractivity (Wildman–Crippen MR) is 56.3 cm³/mol. The number of hydrogen-bond acceptors (Lipinski definition) is 4. The van der Waals surface area contributed by atoms with E-state index in [1.165, 1.54) is 6.08 Å². The van der Waals surface area contributed by atoms with Gasteiger partial charge < -0.3 is 19.7 Å². The molecule has 1 saturated heterocycles. The smallest absolute Gasteiger partial charge is 0.164 e. The van der Waals surface area contributed by atoms with Crippen molar-refractivity contribution in [2.24, 2.45) is 0 Å². The average Bonchev–Trinajstić information content (AvgIpc) is 2.52. The van der Waals surface area contributed by atoms with Crippen LogP contribution in [0.25, 0.3) is 0 Å². The molecule has 0 unspecified atom stereocenters. The van der Waals surface area contributed by atoms with E-state index in [0.717, 1.165) is 0 Å². The molecule has 4 nitrogen and oxygen atoms in total. The minimum atomic E-state index is -0.833. The van der Waals surface area contributed by atoms with Gasteiger partial charge in [-0.25, -0.2) is 0 Å². The second kappa shape index (κ2) is 4.45. The summed E-state index contributed by atoms with van der Waals surface area (Å²) in [7, 11) is 0. The van der Waals surface area contributed by atoms with Gasteiger partial charge >= 0.3 is 0 Å². The van der Waals surface area contributed by atoms with Crippen molar-refractivity contribution < 1.29 is 19.7 Å². The third kappa shape index (κ3) is 2.66. The maximum Gasteiger partial charge on any atom is 0.164 e. The lowest BCUT2D eigenvalue weighted by Crippen LogP contribution is -2.35. The molecule has 4 heteroatoms. The van der Waals surface area contributed by atoms with E-state index in [0.29, 0.717) is 5.57 Å². The minimum Gasteiger partial charge on any atom is -0.392 e. The fraction of sp³-hybridized carbons (Fsp3) is 0.636. The van der Waals surface area contributed by atoms with Crippen molar-refractivity contribution >= 4 is 0 Å². The van der Waals surface area contributed by atoms with Crippen molar-refractivity contribution in [3.63, 3.8) is 0 Å². The Hall–Kier alpha value is -0.680. The summed E-state index contributed by atoms with van der Waals surface area (Å²) in [6, 6.07) is 0. The molecule has 0 aliphatic carbocycles. The van der Waals surface area contributed by atoms with Gasteiger partial charge in [0.2, 0.25) is 0 Å². The van der Waals surface area contributed by atoms with Gasteiger partial charge in [0.15, 0.2) is 5.79 Å². The standard InChI is InChI=1S/C11H18O4/c1-5-8(13)10-9(7(2)6-12)14-11(3,4)15-10/h5,8-10,12-13H,1-2,6H2,3-4H3/t8-,9-,10+/m1/s1. The van der Waals surface area contributed by atoms with Crippen LogP contribution in [0.15, 0.2) is 24.8 Å². The molecule has 86 valence electrons. The third-order valence-electron chi connectivity index (χ3n) is 2.31. The minimum absolute atomic E-state index is 0.190. The van der Waals surface area contributed by atoms with Crippen LogP contribution in [0.3, 0.4) is 0 Å². The van der Waals surface area contributed by atoms with Crippen LogP contribution in [0.1, 0.15) is 13.8 Å². The highest BCUT2D eigenvalue weighted by molar-refractivity contribution is 5.11. The van der Waals surface area contributed by atoms with E-state index >= 15 is 0 Å². The summed E-state index contributed by atoms with van der Waals surface area (Å²) in [6.45, 7) is 10.5. The Kier molecular flexibility index (Phi) is 3.67. The molecule has 0 aromatic carbocycles. The molecule has 0 spiro atoms. The van der Waals surface area contributed by atoms with Gasteiger partial charge in [0, 0.05) is 0 Å². The van der Waals surface area contributed by atoms with Crippen molar-refractivity contribution in [3.8, 4) is 0 Å². The highest BCUT2D eigenvalue weighted by Crippen LogP contribution is 2.33. The van der Waals surface area contributed by atoms with E-state index in [1.54, 1.807) is 13.8 Å². The summed E-state index contributed by atoms with van der Waals surface area (Å²) in [5.74, 6) is -0.780. The highest BCUT2D eigenvalue weighted by atomic mass is 16.8. The Bertz CT molecular complexity index is 259. The Morgan fingerprint density at radius 1 is 1.53 bits per heavy atom. The number of ether oxygens (including phenoxy) is 2. The Labute approximate surface area is 89.8 Å². The zero-order chi connectivity index (χ0) is 11.6. The van der Waals surface area contributed by atoms with Gasteiger partial charge in [-0.05, 0) is 19.4 Å². The zero-order valence-corrected chi connectivity index (χ0v) is 9.14. The van der Waals surface area contributed by atoms with E-state index < -0.39 is 24.1 Å². The van der Waals surface area contributed by atoms with Crippen LogP contribution in [0, 0.1) is 0 Å². The number of rotatable bonds is 4. The molecule has 0 radical (unpaired) electrons. The normalized spacial score (nSPS) is 31.2. The molecule has 1 rings (SSSR count). The quantitative estimate of drug-likeness (QED) is 0.673. The van der Waals surface area contributed by atoms with Crippen LogP contribution in [-0.2, 0) is 9.47 Å². The summed E-state index contributed by atoms with van der Waals surface area (Å²) < 4.78 is 11.1. The molecule has 0 amide bonds. The van der Waals surface area contributed by atoms with E-state index in [-0.39, 0.29) is 6.61 Å². The van der Waals surface area contributed by atoms with Crippen molar-refractivity contribution in [1.29, 1.82) is 0 Å². The first-order chi connectivity index (χ1) is 6.91. The van der Waals surface area contributed by atoms with Gasteiger partial charge in [0.1, 0.15) is 18.3 Å². The third-order valence-corrected chi connectivity index (χ3v) is 2.31. The summed E-state index contributed by atoms with van der Waals surface area (Å²) >= 11 is 0. The molecule has 1 aliphatic heterocycles. The van der Waals surface area contributed by atoms with E-state index in [2.05, 4.69) is 13.2 Å². The molecule has 0 saturated carbocycles. The number of aliphatic hydroxyl groups is 2. The van der Waals surface area contributed by atoms with Crippen LogP contribution in [0.4, 0.5) is 0 Å². The molecule has 1 aliphatic rings. The SMILES string of the molecule is C=C[C@@H](O)[C@@H]1OC(C)(C)O[C@@H]1C(=C)CO. The first-order valence-electron chi connectivity index (χ1n) is 4.86. The van der Waals surface area contributed by atoms with E-state index in [1.807, 2.05) is 0 Å². The van der Waals surface area contributed by atoms with E-state index in [4.69, 9.17) is 14.6 Å². The van der Waals surface area contributed by atoms with Crippen molar-refractivity contribution in [2.45, 2.75) is 37.9 Å². The molecule has 0 aromatic rings. The maximum atomic E-state index is 9.66. The molecular formula is C11H18O4. The summed E-state index contributed by atoms with van der Waals surface area (Å²) in [5.41, 5.74) is 0.492. The van der Waals surface area contributed by atoms with E-state index in [9.17, 15) is 5.11 Å². The lowest BCUT2D eigenvalue weighted by atomic mass is 10.0. The lowest BCUT2D eigenvalue weighted by Gasteiger charge is -2.20. The van der Waals surface area contributed by atoms with Crippen LogP contribution in [0.5, 0.6) is 0 Å². The molecule has 1 fully saturated rings. The van der Waals surface area contributed by atoms with Gasteiger partial charge in [0.25, 0.3) is 0 Å². The maximum absolute atomic E-state index is 9.66. The molecule has 3 atom stereocenters. The summed E-state index contributed by atoms with van der Waals surface area (Å²) in [4.78, 5) is 0. The highest BCUT2D eigenvalue weighted by Gasteiger charge is 2.44. The molecule has 2 N–H and O–H groups in total. The van der Waals surface area contributed by atoms with Gasteiger partial charge in [-0.2, -0.15) is 0 Å².